The summed E-state index contributed by atoms with van der Waals surface area (Å²) >= 11 is 0. The lowest BCUT2D eigenvalue weighted by atomic mass is 10.1. The minimum absolute atomic E-state index is 0.112. The SMILES string of the molecule is CCNC(=O)CNC(=O)NC(CCC(N)=O)C(=O)O. The van der Waals surface area contributed by atoms with Gasteiger partial charge in [-0.05, 0) is 13.3 Å². The molecule has 0 aliphatic rings. The number of nitrogens with one attached hydrogen (secondary N) is 3. The topological polar surface area (TPSA) is 151 Å². The number of urea groups is 1. The van der Waals surface area contributed by atoms with E-state index in [0.29, 0.717) is 6.54 Å². The van der Waals surface area contributed by atoms with Crippen LogP contribution in [0.2, 0.25) is 0 Å². The van der Waals surface area contributed by atoms with E-state index < -0.39 is 23.9 Å². The van der Waals surface area contributed by atoms with Crippen LogP contribution < -0.4 is 21.7 Å². The number of hydrogen-bond acceptors (Lipinski definition) is 4. The molecule has 1 unspecified atom stereocenters. The molecule has 0 aliphatic carbocycles. The molecule has 0 aromatic heterocycles. The number of aliphatic carboxylic acids is 1. The zero-order valence-electron chi connectivity index (χ0n) is 10.6. The molecule has 0 heterocycles. The highest BCUT2D eigenvalue weighted by molar-refractivity contribution is 5.86. The van der Waals surface area contributed by atoms with Gasteiger partial charge in [0.05, 0.1) is 6.54 Å². The minimum atomic E-state index is -1.28. The molecular weight excluding hydrogens is 256 g/mol. The summed E-state index contributed by atoms with van der Waals surface area (Å²) in [4.78, 5) is 43.7. The van der Waals surface area contributed by atoms with Gasteiger partial charge in [-0.1, -0.05) is 0 Å². The number of carbonyl (C=O) groups is 4. The second-order valence-electron chi connectivity index (χ2n) is 3.68. The van der Waals surface area contributed by atoms with Crippen LogP contribution in [0.15, 0.2) is 0 Å². The summed E-state index contributed by atoms with van der Waals surface area (Å²) in [6.45, 7) is 1.89. The number of nitrogens with two attached hydrogens (primary N) is 1. The van der Waals surface area contributed by atoms with Crippen LogP contribution in [0.1, 0.15) is 19.8 Å². The van der Waals surface area contributed by atoms with Crippen molar-refractivity contribution in [1.29, 1.82) is 0 Å². The number of carboxylic acids is 1. The van der Waals surface area contributed by atoms with E-state index in [1.54, 1.807) is 6.92 Å². The smallest absolute Gasteiger partial charge is 0.326 e. The third-order valence-electron chi connectivity index (χ3n) is 2.07. The van der Waals surface area contributed by atoms with E-state index in [-0.39, 0.29) is 25.3 Å². The van der Waals surface area contributed by atoms with Crippen LogP contribution in [-0.4, -0.2) is 48.1 Å². The summed E-state index contributed by atoms with van der Waals surface area (Å²) < 4.78 is 0. The Morgan fingerprint density at radius 2 is 1.84 bits per heavy atom. The fraction of sp³-hybridized carbons (Fsp3) is 0.600. The molecule has 1 atom stereocenters. The van der Waals surface area contributed by atoms with Gasteiger partial charge in [0.1, 0.15) is 6.04 Å². The van der Waals surface area contributed by atoms with Crippen LogP contribution in [0.25, 0.3) is 0 Å². The molecule has 0 saturated heterocycles. The molecule has 19 heavy (non-hydrogen) atoms. The van der Waals surface area contributed by atoms with Gasteiger partial charge in [0.2, 0.25) is 11.8 Å². The number of carboxylic acid groups (broad SMARTS) is 1. The Labute approximate surface area is 109 Å². The number of primary amides is 1. The first-order valence-electron chi connectivity index (χ1n) is 5.69. The van der Waals surface area contributed by atoms with Gasteiger partial charge >= 0.3 is 12.0 Å². The van der Waals surface area contributed by atoms with Crippen molar-refractivity contribution in [2.75, 3.05) is 13.1 Å². The molecule has 108 valence electrons. The second-order valence-corrected chi connectivity index (χ2v) is 3.68. The van der Waals surface area contributed by atoms with Crippen molar-refractivity contribution in [3.8, 4) is 0 Å². The van der Waals surface area contributed by atoms with Gasteiger partial charge in [0, 0.05) is 13.0 Å². The third kappa shape index (κ3) is 8.41. The van der Waals surface area contributed by atoms with Gasteiger partial charge in [0.15, 0.2) is 0 Å². The first kappa shape index (κ1) is 16.7. The molecule has 9 nitrogen and oxygen atoms in total. The summed E-state index contributed by atoms with van der Waals surface area (Å²) in [6.07, 6.45) is -0.271. The summed E-state index contributed by atoms with van der Waals surface area (Å²) in [5, 5.41) is 15.6. The molecule has 4 amide bonds. The van der Waals surface area contributed by atoms with Crippen molar-refractivity contribution >= 4 is 23.8 Å². The summed E-state index contributed by atoms with van der Waals surface area (Å²) in [6, 6.07) is -2.04. The van der Waals surface area contributed by atoms with E-state index in [2.05, 4.69) is 16.0 Å². The number of likely N-dealkylation sites (N-methyl/N-ethyl adjacent to an activating group) is 1. The maximum absolute atomic E-state index is 11.3. The van der Waals surface area contributed by atoms with Crippen LogP contribution in [-0.2, 0) is 14.4 Å². The van der Waals surface area contributed by atoms with Gasteiger partial charge < -0.3 is 26.8 Å². The highest BCUT2D eigenvalue weighted by Crippen LogP contribution is 1.97. The van der Waals surface area contributed by atoms with Gasteiger partial charge in [-0.15, -0.1) is 0 Å². The zero-order valence-corrected chi connectivity index (χ0v) is 10.6. The molecule has 0 aromatic rings. The van der Waals surface area contributed by atoms with E-state index in [1.807, 2.05) is 0 Å². The third-order valence-corrected chi connectivity index (χ3v) is 2.07. The van der Waals surface area contributed by atoms with Crippen molar-refractivity contribution in [2.24, 2.45) is 5.73 Å². The van der Waals surface area contributed by atoms with E-state index in [1.165, 1.54) is 0 Å². The summed E-state index contributed by atoms with van der Waals surface area (Å²) in [5.41, 5.74) is 4.89. The summed E-state index contributed by atoms with van der Waals surface area (Å²) in [5.74, 6) is -2.33. The lowest BCUT2D eigenvalue weighted by Gasteiger charge is -2.14. The Balaban J connectivity index is 4.13. The van der Waals surface area contributed by atoms with Crippen molar-refractivity contribution in [1.82, 2.24) is 16.0 Å². The highest BCUT2D eigenvalue weighted by atomic mass is 16.4. The predicted molar refractivity (Wildman–Crippen MR) is 65.1 cm³/mol. The molecule has 0 aromatic carbocycles. The maximum Gasteiger partial charge on any atom is 0.326 e. The Bertz CT molecular complexity index is 358. The number of hydrogen-bond donors (Lipinski definition) is 5. The molecule has 6 N–H and O–H groups in total. The van der Waals surface area contributed by atoms with Crippen LogP contribution >= 0.6 is 0 Å². The first-order valence-corrected chi connectivity index (χ1v) is 5.69. The molecule has 0 spiro atoms. The standard InChI is InChI=1S/C10H18N4O5/c1-2-12-8(16)5-13-10(19)14-6(9(17)18)3-4-7(11)15/h6H,2-5H2,1H3,(H2,11,15)(H,12,16)(H,17,18)(H2,13,14,19). The Morgan fingerprint density at radius 3 is 2.32 bits per heavy atom. The Kier molecular flexibility index (Phi) is 7.66. The molecule has 0 rings (SSSR count). The zero-order chi connectivity index (χ0) is 14.8. The molecule has 0 fully saturated rings. The molecule has 0 bridgehead atoms. The summed E-state index contributed by atoms with van der Waals surface area (Å²) in [7, 11) is 0. The van der Waals surface area contributed by atoms with Crippen LogP contribution in [0, 0.1) is 0 Å². The van der Waals surface area contributed by atoms with Crippen molar-refractivity contribution < 1.29 is 24.3 Å². The number of amides is 4. The second kappa shape index (κ2) is 8.72. The normalized spacial score (nSPS) is 11.2. The fourth-order valence-corrected chi connectivity index (χ4v) is 1.17. The van der Waals surface area contributed by atoms with Gasteiger partial charge in [-0.2, -0.15) is 0 Å². The van der Waals surface area contributed by atoms with E-state index in [9.17, 15) is 19.2 Å². The van der Waals surface area contributed by atoms with Gasteiger partial charge in [0.25, 0.3) is 0 Å². The van der Waals surface area contributed by atoms with Crippen molar-refractivity contribution in [3.05, 3.63) is 0 Å². The lowest BCUT2D eigenvalue weighted by Crippen LogP contribution is -2.48. The average Bonchev–Trinajstić information content (AvgIpc) is 2.31. The van der Waals surface area contributed by atoms with Crippen LogP contribution in [0.4, 0.5) is 4.79 Å². The van der Waals surface area contributed by atoms with Gasteiger partial charge in [-0.3, -0.25) is 9.59 Å². The first-order chi connectivity index (χ1) is 8.86. The monoisotopic (exact) mass is 274 g/mol. The van der Waals surface area contributed by atoms with Crippen LogP contribution in [0.5, 0.6) is 0 Å². The molecule has 0 radical (unpaired) electrons. The largest absolute Gasteiger partial charge is 0.480 e. The Hall–Kier alpha value is -2.32. The van der Waals surface area contributed by atoms with Crippen LogP contribution in [0.3, 0.4) is 0 Å². The van der Waals surface area contributed by atoms with E-state index >= 15 is 0 Å². The number of rotatable bonds is 8. The minimum Gasteiger partial charge on any atom is -0.480 e. The van der Waals surface area contributed by atoms with E-state index in [0.717, 1.165) is 0 Å². The van der Waals surface area contributed by atoms with E-state index in [4.69, 9.17) is 10.8 Å². The maximum atomic E-state index is 11.3. The van der Waals surface area contributed by atoms with Crippen molar-refractivity contribution in [3.63, 3.8) is 0 Å². The predicted octanol–water partition coefficient (Wildman–Crippen LogP) is -1.86. The molecule has 0 aliphatic heterocycles. The fourth-order valence-electron chi connectivity index (χ4n) is 1.17. The van der Waals surface area contributed by atoms with Crippen molar-refractivity contribution in [2.45, 2.75) is 25.8 Å². The lowest BCUT2D eigenvalue weighted by molar-refractivity contribution is -0.139. The Morgan fingerprint density at radius 1 is 1.21 bits per heavy atom. The number of carbonyl (C=O) groups excluding carboxylic acids is 3. The molecule has 9 heteroatoms. The van der Waals surface area contributed by atoms with Gasteiger partial charge in [-0.25, -0.2) is 9.59 Å². The highest BCUT2D eigenvalue weighted by Gasteiger charge is 2.20. The molecular formula is C10H18N4O5. The molecule has 0 saturated carbocycles. The quantitative estimate of drug-likeness (QED) is 0.351. The average molecular weight is 274 g/mol.